The lowest BCUT2D eigenvalue weighted by Crippen LogP contribution is -2.10. The maximum absolute atomic E-state index is 14.1. The van der Waals surface area contributed by atoms with Crippen LogP contribution in [0.15, 0.2) is 158 Å². The van der Waals surface area contributed by atoms with Crippen molar-refractivity contribution < 1.29 is 19.1 Å². The number of carbonyl (C=O) groups excluding carboxylic acids is 2. The van der Waals surface area contributed by atoms with Gasteiger partial charge in [-0.05, 0) is 118 Å². The number of benzene rings is 10. The van der Waals surface area contributed by atoms with E-state index in [2.05, 4.69) is 100 Å². The number of esters is 2. The van der Waals surface area contributed by atoms with Crippen LogP contribution in [0.3, 0.4) is 0 Å². The standard InChI is InChI=1S/C54H38O4/c1-31-15-23-43-45(25-31)49(41-21-13-33(3)27-47(41)51(43)57-53(55)39-19-17-35-9-5-7-11-37(35)29-39)50-42-22-14-34(4)28-48(42)52(44-24-16-32(2)26-46(44)50)58-54(56)40-20-18-36-10-6-8-12-38(36)30-40/h5-30H,1-4H3. The van der Waals surface area contributed by atoms with Gasteiger partial charge in [-0.25, -0.2) is 9.59 Å². The van der Waals surface area contributed by atoms with Crippen LogP contribution >= 0.6 is 0 Å². The highest BCUT2D eigenvalue weighted by Gasteiger charge is 2.25. The van der Waals surface area contributed by atoms with Crippen LogP contribution in [0, 0.1) is 27.7 Å². The van der Waals surface area contributed by atoms with Crippen LogP contribution in [0.5, 0.6) is 11.5 Å². The predicted octanol–water partition coefficient (Wildman–Crippen LogP) is 13.9. The molecule has 278 valence electrons. The van der Waals surface area contributed by atoms with Crippen LogP contribution in [-0.2, 0) is 0 Å². The summed E-state index contributed by atoms with van der Waals surface area (Å²) in [5.74, 6) is 0.222. The fraction of sp³-hybridized carbons (Fsp3) is 0.0741. The molecule has 4 heteroatoms. The molecular formula is C54H38O4. The van der Waals surface area contributed by atoms with Crippen LogP contribution in [-0.4, -0.2) is 11.9 Å². The van der Waals surface area contributed by atoms with Crippen molar-refractivity contribution in [3.05, 3.63) is 191 Å². The first-order valence-corrected chi connectivity index (χ1v) is 19.6. The van der Waals surface area contributed by atoms with Gasteiger partial charge in [0.05, 0.1) is 11.1 Å². The van der Waals surface area contributed by atoms with E-state index in [1.807, 2.05) is 84.9 Å². The molecule has 0 N–H and O–H groups in total. The van der Waals surface area contributed by atoms with Crippen LogP contribution in [0.25, 0.3) is 75.8 Å². The first-order valence-electron chi connectivity index (χ1n) is 19.6. The van der Waals surface area contributed by atoms with Crippen molar-refractivity contribution in [2.24, 2.45) is 0 Å². The molecule has 0 aliphatic carbocycles. The van der Waals surface area contributed by atoms with Gasteiger partial charge < -0.3 is 9.47 Å². The molecule has 10 rings (SSSR count). The van der Waals surface area contributed by atoms with Crippen LogP contribution in [0.2, 0.25) is 0 Å². The van der Waals surface area contributed by atoms with Gasteiger partial charge in [0.15, 0.2) is 0 Å². The fourth-order valence-corrected chi connectivity index (χ4v) is 8.53. The lowest BCUT2D eigenvalue weighted by molar-refractivity contribution is 0.0730. The summed E-state index contributed by atoms with van der Waals surface area (Å²) < 4.78 is 13.0. The molecule has 0 heterocycles. The third kappa shape index (κ3) is 5.93. The molecule has 0 fully saturated rings. The Morgan fingerprint density at radius 2 is 0.672 bits per heavy atom. The van der Waals surface area contributed by atoms with Gasteiger partial charge in [-0.1, -0.05) is 144 Å². The highest BCUT2D eigenvalue weighted by molar-refractivity contribution is 6.27. The second-order valence-electron chi connectivity index (χ2n) is 15.5. The third-order valence-electron chi connectivity index (χ3n) is 11.4. The zero-order valence-corrected chi connectivity index (χ0v) is 32.6. The molecule has 58 heavy (non-hydrogen) atoms. The summed E-state index contributed by atoms with van der Waals surface area (Å²) in [4.78, 5) is 28.2. The summed E-state index contributed by atoms with van der Waals surface area (Å²) in [6.07, 6.45) is 0. The van der Waals surface area contributed by atoms with Crippen LogP contribution in [0.4, 0.5) is 0 Å². The average molecular weight is 751 g/mol. The smallest absolute Gasteiger partial charge is 0.343 e. The summed E-state index contributed by atoms with van der Waals surface area (Å²) in [6.45, 7) is 8.29. The Balaban J connectivity index is 1.23. The summed E-state index contributed by atoms with van der Waals surface area (Å²) in [6, 6.07) is 52.8. The van der Waals surface area contributed by atoms with Gasteiger partial charge in [0.1, 0.15) is 11.5 Å². The Hall–Kier alpha value is -7.30. The molecule has 0 saturated carbocycles. The lowest BCUT2D eigenvalue weighted by atomic mass is 9.84. The van der Waals surface area contributed by atoms with Crippen molar-refractivity contribution in [1.29, 1.82) is 0 Å². The Morgan fingerprint density at radius 1 is 0.328 bits per heavy atom. The van der Waals surface area contributed by atoms with E-state index in [0.29, 0.717) is 22.6 Å². The van der Waals surface area contributed by atoms with E-state index in [-0.39, 0.29) is 0 Å². The highest BCUT2D eigenvalue weighted by atomic mass is 16.5. The first-order chi connectivity index (χ1) is 28.2. The van der Waals surface area contributed by atoms with E-state index < -0.39 is 11.9 Å². The van der Waals surface area contributed by atoms with Gasteiger partial charge in [-0.15, -0.1) is 0 Å². The summed E-state index contributed by atoms with van der Waals surface area (Å²) in [5.41, 5.74) is 7.27. The molecule has 0 atom stereocenters. The maximum atomic E-state index is 14.1. The van der Waals surface area contributed by atoms with Crippen molar-refractivity contribution in [3.8, 4) is 22.6 Å². The summed E-state index contributed by atoms with van der Waals surface area (Å²) >= 11 is 0. The van der Waals surface area contributed by atoms with Gasteiger partial charge in [-0.3, -0.25) is 0 Å². The Morgan fingerprint density at radius 3 is 1.07 bits per heavy atom. The van der Waals surface area contributed by atoms with Crippen molar-refractivity contribution >= 4 is 76.6 Å². The number of carbonyl (C=O) groups is 2. The quantitative estimate of drug-likeness (QED) is 0.0998. The molecule has 0 saturated heterocycles. The van der Waals surface area contributed by atoms with E-state index in [1.54, 1.807) is 0 Å². The van der Waals surface area contributed by atoms with Gasteiger partial charge >= 0.3 is 11.9 Å². The molecule has 0 aliphatic heterocycles. The average Bonchev–Trinajstić information content (AvgIpc) is 3.23. The van der Waals surface area contributed by atoms with Gasteiger partial charge in [0.2, 0.25) is 0 Å². The molecule has 0 unspecified atom stereocenters. The molecule has 0 aliphatic rings. The van der Waals surface area contributed by atoms with Crippen molar-refractivity contribution in [1.82, 2.24) is 0 Å². The van der Waals surface area contributed by atoms with Crippen molar-refractivity contribution in [2.45, 2.75) is 27.7 Å². The minimum absolute atomic E-state index is 0.414. The Kier molecular flexibility index (Phi) is 8.31. The zero-order valence-electron chi connectivity index (χ0n) is 32.6. The molecule has 0 amide bonds. The van der Waals surface area contributed by atoms with Gasteiger partial charge in [0, 0.05) is 21.5 Å². The number of fused-ring (bicyclic) bond motifs is 6. The number of rotatable bonds is 5. The molecule has 0 radical (unpaired) electrons. The number of hydrogen-bond donors (Lipinski definition) is 0. The number of hydrogen-bond acceptors (Lipinski definition) is 4. The van der Waals surface area contributed by atoms with E-state index >= 15 is 0 Å². The maximum Gasteiger partial charge on any atom is 0.343 e. The van der Waals surface area contributed by atoms with Crippen molar-refractivity contribution in [3.63, 3.8) is 0 Å². The Bertz CT molecular complexity index is 3150. The third-order valence-corrected chi connectivity index (χ3v) is 11.4. The molecule has 10 aromatic rings. The molecule has 4 nitrogen and oxygen atoms in total. The first kappa shape index (κ1) is 35.1. The van der Waals surface area contributed by atoms with Gasteiger partial charge in [-0.2, -0.15) is 0 Å². The van der Waals surface area contributed by atoms with E-state index in [1.165, 1.54) is 0 Å². The van der Waals surface area contributed by atoms with Crippen LogP contribution < -0.4 is 9.47 Å². The van der Waals surface area contributed by atoms with E-state index in [0.717, 1.165) is 98.0 Å². The second kappa shape index (κ2) is 13.7. The van der Waals surface area contributed by atoms with E-state index in [9.17, 15) is 9.59 Å². The van der Waals surface area contributed by atoms with Crippen molar-refractivity contribution in [2.75, 3.05) is 0 Å². The zero-order chi connectivity index (χ0) is 39.7. The minimum atomic E-state index is -0.414. The van der Waals surface area contributed by atoms with Gasteiger partial charge in [0.25, 0.3) is 0 Å². The molecule has 0 bridgehead atoms. The normalized spacial score (nSPS) is 11.6. The molecule has 0 spiro atoms. The topological polar surface area (TPSA) is 52.6 Å². The predicted molar refractivity (Wildman–Crippen MR) is 239 cm³/mol. The second-order valence-corrected chi connectivity index (χ2v) is 15.5. The van der Waals surface area contributed by atoms with Crippen LogP contribution in [0.1, 0.15) is 43.0 Å². The summed E-state index contributed by atoms with van der Waals surface area (Å²) in [7, 11) is 0. The molecule has 0 aromatic heterocycles. The molecule has 10 aromatic carbocycles. The number of ether oxygens (including phenoxy) is 2. The SMILES string of the molecule is Cc1ccc2c(-c3c4ccc(C)cc4c(OC(=O)c4ccc5ccccc5c4)c4ccc(C)cc34)c3cc(C)ccc3c(OC(=O)c3ccc4ccccc4c3)c2c1. The van der Waals surface area contributed by atoms with E-state index in [4.69, 9.17) is 9.47 Å². The highest BCUT2D eigenvalue weighted by Crippen LogP contribution is 2.51. The summed E-state index contributed by atoms with van der Waals surface area (Å²) in [5, 5.41) is 11.3. The largest absolute Gasteiger partial charge is 0.422 e. The fourth-order valence-electron chi connectivity index (χ4n) is 8.53. The monoisotopic (exact) mass is 750 g/mol. The minimum Gasteiger partial charge on any atom is -0.422 e. The lowest BCUT2D eigenvalue weighted by Gasteiger charge is -2.22. The molecular weight excluding hydrogens is 713 g/mol. The Labute approximate surface area is 335 Å². The number of aryl methyl sites for hydroxylation is 4.